The Morgan fingerprint density at radius 1 is 1.29 bits per heavy atom. The summed E-state index contributed by atoms with van der Waals surface area (Å²) >= 11 is 5.99. The number of nitrogens with zero attached hydrogens (tertiary/aromatic N) is 5. The molecule has 0 atom stereocenters. The number of esters is 1. The van der Waals surface area contributed by atoms with Gasteiger partial charge in [0.25, 0.3) is 21.1 Å². The molecule has 0 aliphatic heterocycles. The van der Waals surface area contributed by atoms with Crippen LogP contribution in [0.15, 0.2) is 35.7 Å². The van der Waals surface area contributed by atoms with Gasteiger partial charge in [-0.3, -0.25) is 4.72 Å². The van der Waals surface area contributed by atoms with Crippen LogP contribution in [0.1, 0.15) is 29.3 Å². The molecule has 0 saturated heterocycles. The Labute approximate surface area is 183 Å². The van der Waals surface area contributed by atoms with Gasteiger partial charge in [-0.15, -0.1) is 5.10 Å². The Bertz CT molecular complexity index is 1210. The van der Waals surface area contributed by atoms with E-state index in [0.717, 1.165) is 17.4 Å². The van der Waals surface area contributed by atoms with Crippen molar-refractivity contribution >= 4 is 33.3 Å². The molecular formula is C18H19ClN6O5S. The van der Waals surface area contributed by atoms with Crippen molar-refractivity contribution in [3.05, 3.63) is 46.9 Å². The van der Waals surface area contributed by atoms with Crippen molar-refractivity contribution in [1.29, 1.82) is 0 Å². The van der Waals surface area contributed by atoms with Crippen molar-refractivity contribution in [3.8, 4) is 11.8 Å². The number of carbonyl (C=O) groups is 1. The molecule has 3 aromatic rings. The maximum Gasteiger partial charge on any atom is 0.340 e. The number of carbonyl (C=O) groups excluding carboxylic acids is 1. The van der Waals surface area contributed by atoms with Crippen LogP contribution in [0.25, 0.3) is 5.95 Å². The number of rotatable bonds is 8. The van der Waals surface area contributed by atoms with E-state index in [1.54, 1.807) is 19.1 Å². The number of anilines is 1. The van der Waals surface area contributed by atoms with Crippen molar-refractivity contribution in [2.75, 3.05) is 18.4 Å². The van der Waals surface area contributed by atoms with Crippen LogP contribution in [0.5, 0.6) is 5.88 Å². The molecule has 0 radical (unpaired) electrons. The quantitative estimate of drug-likeness (QED) is 0.391. The lowest BCUT2D eigenvalue weighted by Gasteiger charge is -2.12. The molecule has 0 saturated carbocycles. The van der Waals surface area contributed by atoms with E-state index in [-0.39, 0.29) is 28.2 Å². The fraction of sp³-hybridized carbons (Fsp3) is 0.278. The normalized spacial score (nSPS) is 11.2. The van der Waals surface area contributed by atoms with Gasteiger partial charge in [0.1, 0.15) is 11.5 Å². The molecule has 2 aromatic heterocycles. The van der Waals surface area contributed by atoms with E-state index in [1.165, 1.54) is 19.2 Å². The lowest BCUT2D eigenvalue weighted by molar-refractivity contribution is 0.0602. The predicted molar refractivity (Wildman–Crippen MR) is 111 cm³/mol. The summed E-state index contributed by atoms with van der Waals surface area (Å²) < 4.78 is 39.2. The maximum absolute atomic E-state index is 12.8. The molecule has 0 aliphatic rings. The van der Waals surface area contributed by atoms with Gasteiger partial charge in [-0.1, -0.05) is 30.7 Å². The van der Waals surface area contributed by atoms with Crippen LogP contribution < -0.4 is 9.46 Å². The first-order valence-corrected chi connectivity index (χ1v) is 10.9. The molecule has 11 nitrogen and oxygen atoms in total. The van der Waals surface area contributed by atoms with Crippen LogP contribution in [0, 0.1) is 6.92 Å². The fourth-order valence-electron chi connectivity index (χ4n) is 2.50. The maximum atomic E-state index is 12.8. The Balaban J connectivity index is 1.93. The summed E-state index contributed by atoms with van der Waals surface area (Å²) in [5.74, 6) is -0.483. The van der Waals surface area contributed by atoms with Gasteiger partial charge < -0.3 is 9.47 Å². The minimum atomic E-state index is -4.24. The lowest BCUT2D eigenvalue weighted by atomic mass is 10.1. The second-order valence-electron chi connectivity index (χ2n) is 6.24. The third-order valence-electron chi connectivity index (χ3n) is 3.94. The van der Waals surface area contributed by atoms with Crippen LogP contribution in [0.4, 0.5) is 5.69 Å². The van der Waals surface area contributed by atoms with Gasteiger partial charge in [0.2, 0.25) is 5.88 Å². The molecule has 31 heavy (non-hydrogen) atoms. The van der Waals surface area contributed by atoms with Gasteiger partial charge in [0.15, 0.2) is 0 Å². The largest absolute Gasteiger partial charge is 0.478 e. The van der Waals surface area contributed by atoms with Crippen molar-refractivity contribution in [3.63, 3.8) is 0 Å². The molecule has 1 aromatic carbocycles. The van der Waals surface area contributed by atoms with Crippen molar-refractivity contribution < 1.29 is 22.7 Å². The third kappa shape index (κ3) is 5.09. The van der Waals surface area contributed by atoms with E-state index in [0.29, 0.717) is 12.2 Å². The summed E-state index contributed by atoms with van der Waals surface area (Å²) in [5.41, 5.74) is 0.642. The highest BCUT2D eigenvalue weighted by molar-refractivity contribution is 7.92. The van der Waals surface area contributed by atoms with Gasteiger partial charge >= 0.3 is 5.97 Å². The summed E-state index contributed by atoms with van der Waals surface area (Å²) in [6.45, 7) is 4.01. The zero-order valence-electron chi connectivity index (χ0n) is 16.9. The van der Waals surface area contributed by atoms with Crippen LogP contribution >= 0.6 is 11.6 Å². The number of sulfonamides is 1. The molecule has 164 valence electrons. The van der Waals surface area contributed by atoms with Gasteiger partial charge in [-0.2, -0.15) is 23.1 Å². The van der Waals surface area contributed by atoms with Crippen molar-refractivity contribution in [2.45, 2.75) is 25.4 Å². The minimum absolute atomic E-state index is 0.0151. The molecule has 0 fully saturated rings. The molecule has 13 heteroatoms. The minimum Gasteiger partial charge on any atom is -0.478 e. The average molecular weight is 467 g/mol. The summed E-state index contributed by atoms with van der Waals surface area (Å²) in [7, 11) is -3.04. The molecule has 0 spiro atoms. The highest BCUT2D eigenvalue weighted by atomic mass is 35.5. The van der Waals surface area contributed by atoms with Gasteiger partial charge in [0.05, 0.1) is 25.0 Å². The van der Waals surface area contributed by atoms with Crippen LogP contribution in [-0.4, -0.2) is 52.8 Å². The number of nitrogens with one attached hydrogen (secondary N) is 1. The molecular weight excluding hydrogens is 448 g/mol. The zero-order chi connectivity index (χ0) is 22.6. The molecule has 2 heterocycles. The van der Waals surface area contributed by atoms with E-state index in [9.17, 15) is 13.2 Å². The first-order valence-electron chi connectivity index (χ1n) is 9.05. The second kappa shape index (κ2) is 9.27. The lowest BCUT2D eigenvalue weighted by Crippen LogP contribution is -2.18. The Morgan fingerprint density at radius 3 is 2.77 bits per heavy atom. The molecule has 0 unspecified atom stereocenters. The number of methoxy groups -OCH3 is 1. The molecule has 3 rings (SSSR count). The van der Waals surface area contributed by atoms with Crippen molar-refractivity contribution in [1.82, 2.24) is 24.7 Å². The van der Waals surface area contributed by atoms with E-state index in [1.807, 2.05) is 6.92 Å². The van der Waals surface area contributed by atoms with Crippen molar-refractivity contribution in [2.24, 2.45) is 0 Å². The number of aromatic nitrogens is 5. The summed E-state index contributed by atoms with van der Waals surface area (Å²) in [6.07, 6.45) is 1.89. The highest BCUT2D eigenvalue weighted by Crippen LogP contribution is 2.24. The zero-order valence-corrected chi connectivity index (χ0v) is 18.4. The highest BCUT2D eigenvalue weighted by Gasteiger charge is 2.25. The summed E-state index contributed by atoms with van der Waals surface area (Å²) in [4.78, 5) is 24.0. The van der Waals surface area contributed by atoms with E-state index < -0.39 is 21.1 Å². The number of aryl methyl sites for hydroxylation is 1. The smallest absolute Gasteiger partial charge is 0.340 e. The molecule has 0 aliphatic carbocycles. The molecule has 0 amide bonds. The fourth-order valence-corrected chi connectivity index (χ4v) is 3.68. The van der Waals surface area contributed by atoms with Crippen LogP contribution in [-0.2, 0) is 14.8 Å². The monoisotopic (exact) mass is 466 g/mol. The summed E-state index contributed by atoms with van der Waals surface area (Å²) in [5, 5.41) is 3.48. The Kier molecular flexibility index (Phi) is 6.71. The van der Waals surface area contributed by atoms with Gasteiger partial charge in [-0.25, -0.2) is 9.78 Å². The number of hydrogen-bond donors (Lipinski definition) is 1. The first-order chi connectivity index (χ1) is 14.7. The standard InChI is InChI=1S/C18H19ClN6O5S/c1-4-8-30-14-9-13(19)21-17(22-14)25-10-20-18(23-25)31(27,28)24-15-11(2)6-5-7-12(15)16(26)29-3/h5-7,9-10,24H,4,8H2,1-3H3. The van der Waals surface area contributed by atoms with Crippen LogP contribution in [0.2, 0.25) is 5.15 Å². The number of halogens is 1. The SMILES string of the molecule is CCCOc1cc(Cl)nc(-n2cnc(S(=O)(=O)Nc3c(C)cccc3C(=O)OC)n2)n1. The summed E-state index contributed by atoms with van der Waals surface area (Å²) in [6, 6.07) is 6.14. The topological polar surface area (TPSA) is 138 Å². The number of para-hydroxylation sites is 1. The Morgan fingerprint density at radius 2 is 2.06 bits per heavy atom. The van der Waals surface area contributed by atoms with Crippen LogP contribution in [0.3, 0.4) is 0 Å². The van der Waals surface area contributed by atoms with Gasteiger partial charge in [-0.05, 0) is 25.0 Å². The van der Waals surface area contributed by atoms with E-state index >= 15 is 0 Å². The van der Waals surface area contributed by atoms with Gasteiger partial charge in [0, 0.05) is 6.07 Å². The number of benzene rings is 1. The number of hydrogen-bond acceptors (Lipinski definition) is 9. The Hall–Kier alpha value is -3.25. The first kappa shape index (κ1) is 22.4. The molecule has 1 N–H and O–H groups in total. The molecule has 0 bridgehead atoms. The predicted octanol–water partition coefficient (Wildman–Crippen LogP) is 2.40. The number of ether oxygens (including phenoxy) is 2. The second-order valence-corrected chi connectivity index (χ2v) is 8.21. The van der Waals surface area contributed by atoms with E-state index in [4.69, 9.17) is 21.1 Å². The van der Waals surface area contributed by atoms with E-state index in [2.05, 4.69) is 24.8 Å². The third-order valence-corrected chi connectivity index (χ3v) is 5.28. The average Bonchev–Trinajstić information content (AvgIpc) is 3.24.